The van der Waals surface area contributed by atoms with Crippen LogP contribution >= 0.6 is 0 Å². The third-order valence-electron chi connectivity index (χ3n) is 3.10. The van der Waals surface area contributed by atoms with E-state index in [1.165, 1.54) is 0 Å². The van der Waals surface area contributed by atoms with Crippen LogP contribution in [-0.4, -0.2) is 44.8 Å². The van der Waals surface area contributed by atoms with Crippen LogP contribution in [0.4, 0.5) is 5.69 Å². The maximum Gasteiger partial charge on any atom is 0.264 e. The van der Waals surface area contributed by atoms with E-state index < -0.39 is 0 Å². The molecule has 5 heteroatoms. The molecule has 0 bridgehead atoms. The number of amides is 1. The zero-order valence-corrected chi connectivity index (χ0v) is 10.7. The highest BCUT2D eigenvalue weighted by atomic mass is 16.5. The largest absolute Gasteiger partial charge is 0.482 e. The van der Waals surface area contributed by atoms with Crippen LogP contribution < -0.4 is 9.64 Å². The van der Waals surface area contributed by atoms with E-state index in [-0.39, 0.29) is 18.6 Å². The number of carbonyl (C=O) groups is 2. The van der Waals surface area contributed by atoms with E-state index in [4.69, 9.17) is 4.74 Å². The van der Waals surface area contributed by atoms with E-state index >= 15 is 0 Å². The van der Waals surface area contributed by atoms with Gasteiger partial charge in [-0.3, -0.25) is 9.69 Å². The molecule has 0 N–H and O–H groups in total. The molecule has 1 aliphatic heterocycles. The lowest BCUT2D eigenvalue weighted by Crippen LogP contribution is -2.35. The molecule has 1 aliphatic rings. The first-order valence-electron chi connectivity index (χ1n) is 5.69. The van der Waals surface area contributed by atoms with E-state index in [1.807, 2.05) is 31.1 Å². The van der Waals surface area contributed by atoms with E-state index in [1.54, 1.807) is 18.0 Å². The number of hydrogen-bond acceptors (Lipinski definition) is 4. The predicted octanol–water partition coefficient (Wildman–Crippen LogP) is 0.843. The van der Waals surface area contributed by atoms with E-state index in [0.29, 0.717) is 11.4 Å². The van der Waals surface area contributed by atoms with Crippen molar-refractivity contribution in [2.45, 2.75) is 6.04 Å². The SMILES string of the molecule is CN1C(=O)COc2ccc(C(C=O)N(C)C)cc21. The number of ether oxygens (including phenoxy) is 1. The van der Waals surface area contributed by atoms with E-state index in [2.05, 4.69) is 0 Å². The number of benzene rings is 1. The van der Waals surface area contributed by atoms with Crippen LogP contribution in [0.3, 0.4) is 0 Å². The van der Waals surface area contributed by atoms with Gasteiger partial charge in [-0.15, -0.1) is 0 Å². The summed E-state index contributed by atoms with van der Waals surface area (Å²) < 4.78 is 5.34. The smallest absolute Gasteiger partial charge is 0.264 e. The highest BCUT2D eigenvalue weighted by molar-refractivity contribution is 5.97. The van der Waals surface area contributed by atoms with Gasteiger partial charge in [-0.1, -0.05) is 6.07 Å². The number of hydrogen-bond donors (Lipinski definition) is 0. The van der Waals surface area contributed by atoms with E-state index in [0.717, 1.165) is 11.8 Å². The summed E-state index contributed by atoms with van der Waals surface area (Å²) in [6, 6.07) is 5.15. The lowest BCUT2D eigenvalue weighted by atomic mass is 10.0. The number of rotatable bonds is 3. The summed E-state index contributed by atoms with van der Waals surface area (Å²) in [6.07, 6.45) is 0.882. The Kier molecular flexibility index (Phi) is 3.34. The molecule has 1 unspecified atom stereocenters. The second kappa shape index (κ2) is 4.78. The summed E-state index contributed by atoms with van der Waals surface area (Å²) in [4.78, 5) is 26.0. The first-order chi connectivity index (χ1) is 8.54. The van der Waals surface area contributed by atoms with Crippen LogP contribution in [0.2, 0.25) is 0 Å². The lowest BCUT2D eigenvalue weighted by Gasteiger charge is -2.28. The Bertz CT molecular complexity index is 485. The van der Waals surface area contributed by atoms with Crippen LogP contribution in [0.5, 0.6) is 5.75 Å². The number of likely N-dealkylation sites (N-methyl/N-ethyl adjacent to an activating group) is 2. The van der Waals surface area contributed by atoms with Gasteiger partial charge in [0, 0.05) is 7.05 Å². The average molecular weight is 248 g/mol. The fourth-order valence-corrected chi connectivity index (χ4v) is 1.97. The van der Waals surface area contributed by atoms with Crippen LogP contribution in [0.25, 0.3) is 0 Å². The molecule has 1 heterocycles. The zero-order chi connectivity index (χ0) is 13.3. The van der Waals surface area contributed by atoms with Gasteiger partial charge in [0.25, 0.3) is 5.91 Å². The predicted molar refractivity (Wildman–Crippen MR) is 67.8 cm³/mol. The monoisotopic (exact) mass is 248 g/mol. The van der Waals surface area contributed by atoms with Crippen molar-refractivity contribution in [3.63, 3.8) is 0 Å². The summed E-state index contributed by atoms with van der Waals surface area (Å²) in [6.45, 7) is 0.0631. The molecule has 18 heavy (non-hydrogen) atoms. The molecule has 0 radical (unpaired) electrons. The number of fused-ring (bicyclic) bond motifs is 1. The van der Waals surface area contributed by atoms with Crippen molar-refractivity contribution < 1.29 is 14.3 Å². The van der Waals surface area contributed by atoms with Crippen LogP contribution in [-0.2, 0) is 9.59 Å². The minimum Gasteiger partial charge on any atom is -0.482 e. The number of carbonyl (C=O) groups excluding carboxylic acids is 2. The van der Waals surface area contributed by atoms with Crippen LogP contribution in [0.1, 0.15) is 11.6 Å². The minimum absolute atomic E-state index is 0.0631. The van der Waals surface area contributed by atoms with Crippen LogP contribution in [0.15, 0.2) is 18.2 Å². The van der Waals surface area contributed by atoms with Crippen molar-refractivity contribution in [2.24, 2.45) is 0 Å². The van der Waals surface area contributed by atoms with Gasteiger partial charge in [0.2, 0.25) is 0 Å². The third-order valence-corrected chi connectivity index (χ3v) is 3.10. The lowest BCUT2D eigenvalue weighted by molar-refractivity contribution is -0.121. The molecule has 0 aliphatic carbocycles. The third kappa shape index (κ3) is 2.09. The molecule has 96 valence electrons. The van der Waals surface area contributed by atoms with Crippen molar-refractivity contribution in [3.8, 4) is 5.75 Å². The second-order valence-electron chi connectivity index (χ2n) is 4.51. The Morgan fingerprint density at radius 3 is 2.78 bits per heavy atom. The van der Waals surface area contributed by atoms with Gasteiger partial charge in [0.05, 0.1) is 11.7 Å². The molecule has 1 aromatic carbocycles. The number of anilines is 1. The van der Waals surface area contributed by atoms with Crippen molar-refractivity contribution in [1.82, 2.24) is 4.90 Å². The molecule has 1 aromatic rings. The zero-order valence-electron chi connectivity index (χ0n) is 10.7. The average Bonchev–Trinajstić information content (AvgIpc) is 2.35. The molecule has 0 fully saturated rings. The Morgan fingerprint density at radius 2 is 2.17 bits per heavy atom. The van der Waals surface area contributed by atoms with Gasteiger partial charge < -0.3 is 14.4 Å². The maximum atomic E-state index is 11.6. The summed E-state index contributed by atoms with van der Waals surface area (Å²) in [5.41, 5.74) is 1.55. The fourth-order valence-electron chi connectivity index (χ4n) is 1.97. The fraction of sp³-hybridized carbons (Fsp3) is 0.385. The number of nitrogens with zero attached hydrogens (tertiary/aromatic N) is 2. The summed E-state index contributed by atoms with van der Waals surface area (Å²) in [7, 11) is 5.38. The molecule has 0 saturated carbocycles. The highest BCUT2D eigenvalue weighted by Gasteiger charge is 2.24. The quantitative estimate of drug-likeness (QED) is 0.744. The Labute approximate surface area is 106 Å². The summed E-state index contributed by atoms with van der Waals surface area (Å²) in [5.74, 6) is 0.580. The first kappa shape index (κ1) is 12.6. The molecule has 0 aromatic heterocycles. The molecule has 5 nitrogen and oxygen atoms in total. The van der Waals surface area contributed by atoms with Crippen molar-refractivity contribution in [3.05, 3.63) is 23.8 Å². The molecule has 1 atom stereocenters. The molecule has 1 amide bonds. The second-order valence-corrected chi connectivity index (χ2v) is 4.51. The van der Waals surface area contributed by atoms with Gasteiger partial charge in [0.15, 0.2) is 6.61 Å². The first-order valence-corrected chi connectivity index (χ1v) is 5.69. The maximum absolute atomic E-state index is 11.6. The van der Waals surface area contributed by atoms with Gasteiger partial charge in [-0.25, -0.2) is 0 Å². The Hall–Kier alpha value is -1.88. The minimum atomic E-state index is -0.319. The standard InChI is InChI=1S/C13H16N2O3/c1-14(2)11(7-16)9-4-5-12-10(6-9)15(3)13(17)8-18-12/h4-7,11H,8H2,1-3H3. The molecule has 2 rings (SSSR count). The Morgan fingerprint density at radius 1 is 1.44 bits per heavy atom. The molecular formula is C13H16N2O3. The number of aldehydes is 1. The molecular weight excluding hydrogens is 232 g/mol. The normalized spacial score (nSPS) is 16.2. The van der Waals surface area contributed by atoms with Crippen molar-refractivity contribution in [2.75, 3.05) is 32.6 Å². The van der Waals surface area contributed by atoms with E-state index in [9.17, 15) is 9.59 Å². The van der Waals surface area contributed by atoms with Crippen LogP contribution in [0, 0.1) is 0 Å². The topological polar surface area (TPSA) is 49.9 Å². The van der Waals surface area contributed by atoms with Crippen molar-refractivity contribution >= 4 is 17.9 Å². The summed E-state index contributed by atoms with van der Waals surface area (Å²) in [5, 5.41) is 0. The van der Waals surface area contributed by atoms with Gasteiger partial charge >= 0.3 is 0 Å². The van der Waals surface area contributed by atoms with Gasteiger partial charge in [-0.05, 0) is 31.8 Å². The highest BCUT2D eigenvalue weighted by Crippen LogP contribution is 2.33. The summed E-state index contributed by atoms with van der Waals surface area (Å²) >= 11 is 0. The van der Waals surface area contributed by atoms with Gasteiger partial charge in [0.1, 0.15) is 12.0 Å². The molecule has 0 spiro atoms. The Balaban J connectivity index is 2.42. The van der Waals surface area contributed by atoms with Crippen molar-refractivity contribution in [1.29, 1.82) is 0 Å². The van der Waals surface area contributed by atoms with Gasteiger partial charge in [-0.2, -0.15) is 0 Å². The molecule has 0 saturated heterocycles.